The Balaban J connectivity index is 1.72. The van der Waals surface area contributed by atoms with Crippen molar-refractivity contribution in [3.63, 3.8) is 0 Å². The summed E-state index contributed by atoms with van der Waals surface area (Å²) >= 11 is 7.15. The van der Waals surface area contributed by atoms with E-state index >= 15 is 0 Å². The van der Waals surface area contributed by atoms with Gasteiger partial charge in [-0.05, 0) is 37.3 Å². The van der Waals surface area contributed by atoms with Crippen molar-refractivity contribution in [2.24, 2.45) is 11.3 Å². The van der Waals surface area contributed by atoms with Crippen LogP contribution in [0.1, 0.15) is 61.6 Å². The number of ether oxygens (including phenoxy) is 2. The number of halogens is 4. The van der Waals surface area contributed by atoms with E-state index in [9.17, 15) is 37.5 Å². The van der Waals surface area contributed by atoms with Gasteiger partial charge in [0.2, 0.25) is 17.6 Å². The molecular formula is C30H30ClF3N6O9S. The topological polar surface area (TPSA) is 215 Å². The predicted molar refractivity (Wildman–Crippen MR) is 168 cm³/mol. The number of anilines is 1. The minimum Gasteiger partial charge on any atom is -0.481 e. The number of carbonyl (C=O) groups excluding carboxylic acids is 2. The molecule has 0 saturated heterocycles. The fourth-order valence-electron chi connectivity index (χ4n) is 6.24. The molecule has 20 heteroatoms. The lowest BCUT2D eigenvalue weighted by atomic mass is 9.97. The van der Waals surface area contributed by atoms with E-state index in [1.165, 1.54) is 7.05 Å². The largest absolute Gasteiger partial charge is 0.481 e. The Hall–Kier alpha value is -4.51. The molecule has 15 nitrogen and oxygen atoms in total. The molecule has 0 spiro atoms. The van der Waals surface area contributed by atoms with Crippen molar-refractivity contribution in [1.82, 2.24) is 24.8 Å². The van der Waals surface area contributed by atoms with Crippen LogP contribution in [0, 0.1) is 23.2 Å². The molecule has 2 aliphatic rings. The standard InChI is InChI=1S/C30H30ClF3N6O9S/c1-3-36-25-21-26(38-16(37-25)7-5-13-4-6-15(31)50-13)40(27(39-21)30(32,33)34)22-14-12-29(14,28(47)35-2)24(49-20(46)11-9-18(43)44)23(22)48-19(45)10-8-17(41)42/h4,6,14,19,22-24,45H,3,8-12H2,1-2H3,(H,35,47)(H,41,42)(H,43,44)(H,36,37,38)/t14?,19?,22?,23-,24-,29-/m0/s1. The summed E-state index contributed by atoms with van der Waals surface area (Å²) in [4.78, 5) is 61.7. The summed E-state index contributed by atoms with van der Waals surface area (Å²) in [5.74, 6) is -1.66. The first-order valence-corrected chi connectivity index (χ1v) is 16.4. The molecule has 0 aliphatic heterocycles. The van der Waals surface area contributed by atoms with Gasteiger partial charge in [-0.1, -0.05) is 11.6 Å². The molecule has 5 rings (SSSR count). The second kappa shape index (κ2) is 14.4. The number of hydrogen-bond donors (Lipinski definition) is 5. The summed E-state index contributed by atoms with van der Waals surface area (Å²) in [5, 5.41) is 34.3. The number of rotatable bonds is 13. The number of amides is 1. The lowest BCUT2D eigenvalue weighted by Crippen LogP contribution is -2.47. The summed E-state index contributed by atoms with van der Waals surface area (Å²) in [5.41, 5.74) is -2.35. The molecule has 6 atom stereocenters. The van der Waals surface area contributed by atoms with Gasteiger partial charge in [0, 0.05) is 25.9 Å². The number of thiophene rings is 1. The number of aliphatic carboxylic acids is 2. The van der Waals surface area contributed by atoms with Crippen LogP contribution in [0.3, 0.4) is 0 Å². The van der Waals surface area contributed by atoms with Crippen molar-refractivity contribution in [3.8, 4) is 11.8 Å². The summed E-state index contributed by atoms with van der Waals surface area (Å²) in [7, 11) is 1.27. The lowest BCUT2D eigenvalue weighted by molar-refractivity contribution is -0.198. The van der Waals surface area contributed by atoms with Gasteiger partial charge < -0.3 is 35.4 Å². The summed E-state index contributed by atoms with van der Waals surface area (Å²) in [6, 6.07) is 1.71. The number of imidazole rings is 1. The molecule has 2 fully saturated rings. The van der Waals surface area contributed by atoms with Crippen LogP contribution in [0.15, 0.2) is 12.1 Å². The minimum absolute atomic E-state index is 0.0859. The third-order valence-corrected chi connectivity index (χ3v) is 9.44. The molecule has 0 bridgehead atoms. The molecule has 50 heavy (non-hydrogen) atoms. The van der Waals surface area contributed by atoms with Gasteiger partial charge in [0.25, 0.3) is 0 Å². The molecule has 0 radical (unpaired) electrons. The summed E-state index contributed by atoms with van der Waals surface area (Å²) in [6.07, 6.45) is -12.9. The van der Waals surface area contributed by atoms with Gasteiger partial charge in [0.05, 0.1) is 39.9 Å². The molecule has 3 unspecified atom stereocenters. The number of esters is 1. The molecule has 3 aromatic heterocycles. The maximum absolute atomic E-state index is 14.9. The van der Waals surface area contributed by atoms with Crippen LogP contribution in [0.2, 0.25) is 4.34 Å². The Morgan fingerprint density at radius 2 is 1.86 bits per heavy atom. The van der Waals surface area contributed by atoms with E-state index in [2.05, 4.69) is 37.4 Å². The van der Waals surface area contributed by atoms with E-state index in [0.717, 1.165) is 11.3 Å². The van der Waals surface area contributed by atoms with E-state index in [1.54, 1.807) is 19.1 Å². The van der Waals surface area contributed by atoms with Crippen LogP contribution in [-0.4, -0.2) is 90.7 Å². The monoisotopic (exact) mass is 742 g/mol. The van der Waals surface area contributed by atoms with Crippen LogP contribution in [-0.2, 0) is 34.8 Å². The van der Waals surface area contributed by atoms with E-state index in [-0.39, 0.29) is 35.8 Å². The van der Waals surface area contributed by atoms with Crippen LogP contribution in [0.5, 0.6) is 0 Å². The van der Waals surface area contributed by atoms with Crippen molar-refractivity contribution in [2.75, 3.05) is 18.9 Å². The van der Waals surface area contributed by atoms with Gasteiger partial charge in [-0.2, -0.15) is 13.2 Å². The third-order valence-electron chi connectivity index (χ3n) is 8.29. The number of carbonyl (C=O) groups is 4. The molecule has 1 amide bonds. The van der Waals surface area contributed by atoms with Gasteiger partial charge in [-0.15, -0.1) is 11.3 Å². The van der Waals surface area contributed by atoms with E-state index in [1.807, 2.05) is 0 Å². The molecule has 0 aromatic carbocycles. The third kappa shape index (κ3) is 7.33. The van der Waals surface area contributed by atoms with E-state index in [4.69, 9.17) is 31.3 Å². The van der Waals surface area contributed by atoms with Gasteiger partial charge in [0.1, 0.15) is 12.2 Å². The number of aromatic nitrogens is 4. The van der Waals surface area contributed by atoms with Gasteiger partial charge in [-0.3, -0.25) is 23.7 Å². The number of nitrogens with zero attached hydrogens (tertiary/aromatic N) is 4. The number of fused-ring (bicyclic) bond motifs is 2. The zero-order valence-electron chi connectivity index (χ0n) is 26.3. The Labute approximate surface area is 290 Å². The number of aliphatic hydroxyl groups is 1. The normalized spacial score (nSPS) is 23.0. The maximum atomic E-state index is 14.9. The Morgan fingerprint density at radius 1 is 1.14 bits per heavy atom. The number of carboxylic acid groups (broad SMARTS) is 2. The van der Waals surface area contributed by atoms with Gasteiger partial charge >= 0.3 is 24.1 Å². The first kappa shape index (κ1) is 36.8. The second-order valence-electron chi connectivity index (χ2n) is 11.5. The first-order valence-electron chi connectivity index (χ1n) is 15.2. The van der Waals surface area contributed by atoms with Crippen LogP contribution >= 0.6 is 22.9 Å². The minimum atomic E-state index is -5.13. The van der Waals surface area contributed by atoms with Crippen molar-refractivity contribution in [1.29, 1.82) is 0 Å². The number of alkyl halides is 3. The molecule has 3 heterocycles. The number of nitrogens with one attached hydrogen (secondary N) is 2. The number of carboxylic acids is 2. The predicted octanol–water partition coefficient (Wildman–Crippen LogP) is 3.04. The Morgan fingerprint density at radius 3 is 2.46 bits per heavy atom. The molecule has 268 valence electrons. The fraction of sp³-hybridized carbons (Fsp3) is 0.500. The Bertz CT molecular complexity index is 1890. The highest BCUT2D eigenvalue weighted by Crippen LogP contribution is 2.70. The molecular weight excluding hydrogens is 713 g/mol. The van der Waals surface area contributed by atoms with Crippen LogP contribution < -0.4 is 10.6 Å². The highest BCUT2D eigenvalue weighted by atomic mass is 35.5. The number of hydrogen-bond acceptors (Lipinski definition) is 12. The van der Waals surface area contributed by atoms with Crippen molar-refractivity contribution >= 4 is 63.7 Å². The average Bonchev–Trinajstić information content (AvgIpc) is 3.29. The zero-order chi connectivity index (χ0) is 36.5. The first-order chi connectivity index (χ1) is 23.6. The van der Waals surface area contributed by atoms with Gasteiger partial charge in [0.15, 0.2) is 23.3 Å². The highest BCUT2D eigenvalue weighted by Gasteiger charge is 2.78. The fourth-order valence-corrected chi connectivity index (χ4v) is 7.14. The molecule has 3 aromatic rings. The maximum Gasteiger partial charge on any atom is 0.449 e. The molecule has 2 aliphatic carbocycles. The van der Waals surface area contributed by atoms with Crippen molar-refractivity contribution < 1.29 is 57.1 Å². The zero-order valence-corrected chi connectivity index (χ0v) is 27.9. The molecule has 5 N–H and O–H groups in total. The summed E-state index contributed by atoms with van der Waals surface area (Å²) in [6.45, 7) is 1.90. The van der Waals surface area contributed by atoms with E-state index in [0.29, 0.717) is 13.8 Å². The number of aliphatic hydroxyl groups excluding tert-OH is 1. The second-order valence-corrected chi connectivity index (χ2v) is 13.2. The molecule has 2 saturated carbocycles. The average molecular weight is 743 g/mol. The van der Waals surface area contributed by atoms with Crippen LogP contribution in [0.4, 0.5) is 19.0 Å². The quantitative estimate of drug-likeness (QED) is 0.0969. The smallest absolute Gasteiger partial charge is 0.449 e. The highest BCUT2D eigenvalue weighted by molar-refractivity contribution is 7.16. The SMILES string of the molecule is CCNc1nc(C#Cc2ccc(Cl)s2)nc2c1nc(C(F)(F)F)n2C1C2C[C@@]2(C(=O)NC)[C@@H](OC(=O)CCC(=O)O)[C@H]1OC(O)CCC(=O)O. The van der Waals surface area contributed by atoms with Gasteiger partial charge in [-0.25, -0.2) is 15.0 Å². The summed E-state index contributed by atoms with van der Waals surface area (Å²) < 4.78 is 57.3. The Kier molecular flexibility index (Phi) is 10.6. The van der Waals surface area contributed by atoms with Crippen LogP contribution in [0.25, 0.3) is 11.2 Å². The van der Waals surface area contributed by atoms with E-state index < -0.39 is 97.4 Å². The lowest BCUT2D eigenvalue weighted by Gasteiger charge is -2.33. The van der Waals surface area contributed by atoms with Crippen molar-refractivity contribution in [3.05, 3.63) is 33.0 Å². The van der Waals surface area contributed by atoms with Crippen molar-refractivity contribution in [2.45, 2.75) is 69.7 Å².